The van der Waals surface area contributed by atoms with E-state index in [9.17, 15) is 9.59 Å². The molecule has 8 nitrogen and oxygen atoms in total. The monoisotopic (exact) mass is 363 g/mol. The third-order valence-corrected chi connectivity index (χ3v) is 3.63. The van der Waals surface area contributed by atoms with Crippen molar-refractivity contribution in [2.45, 2.75) is 6.54 Å². The summed E-state index contributed by atoms with van der Waals surface area (Å²) in [5.74, 6) is -0.276. The molecule has 0 aliphatic heterocycles. The third-order valence-electron chi connectivity index (χ3n) is 3.63. The molecule has 2 N–H and O–H groups in total. The molecule has 27 heavy (non-hydrogen) atoms. The second kappa shape index (κ2) is 8.52. The number of hydrogen-bond donors (Lipinski definition) is 2. The Morgan fingerprint density at radius 1 is 1.04 bits per heavy atom. The minimum Gasteiger partial charge on any atom is -0.465 e. The van der Waals surface area contributed by atoms with E-state index in [1.807, 2.05) is 18.2 Å². The molecule has 0 radical (unpaired) electrons. The molecule has 0 spiro atoms. The predicted octanol–water partition coefficient (Wildman–Crippen LogP) is 2.33. The van der Waals surface area contributed by atoms with Crippen LogP contribution in [-0.4, -0.2) is 33.9 Å². The van der Waals surface area contributed by atoms with Crippen molar-refractivity contribution in [1.29, 1.82) is 0 Å². The van der Waals surface area contributed by atoms with Crippen LogP contribution in [0.15, 0.2) is 61.1 Å². The minimum atomic E-state index is -0.407. The van der Waals surface area contributed by atoms with Crippen molar-refractivity contribution in [3.05, 3.63) is 78.0 Å². The lowest BCUT2D eigenvalue weighted by atomic mass is 10.2. The molecule has 0 saturated heterocycles. The summed E-state index contributed by atoms with van der Waals surface area (Å²) < 4.78 is 4.66. The van der Waals surface area contributed by atoms with Crippen molar-refractivity contribution in [3.63, 3.8) is 0 Å². The maximum Gasteiger partial charge on any atom is 0.337 e. The summed E-state index contributed by atoms with van der Waals surface area (Å²) in [7, 11) is 1.33. The van der Waals surface area contributed by atoms with E-state index in [0.717, 1.165) is 5.69 Å². The van der Waals surface area contributed by atoms with E-state index in [-0.39, 0.29) is 11.6 Å². The van der Waals surface area contributed by atoms with E-state index in [1.54, 1.807) is 36.5 Å². The van der Waals surface area contributed by atoms with Crippen LogP contribution in [0.25, 0.3) is 0 Å². The summed E-state index contributed by atoms with van der Waals surface area (Å²) in [4.78, 5) is 36.0. The lowest BCUT2D eigenvalue weighted by Gasteiger charge is -2.08. The summed E-state index contributed by atoms with van der Waals surface area (Å²) in [5.41, 5.74) is 2.14. The van der Waals surface area contributed by atoms with E-state index in [0.29, 0.717) is 23.6 Å². The largest absolute Gasteiger partial charge is 0.465 e. The molecule has 1 amide bonds. The number of pyridine rings is 1. The molecule has 2 aromatic heterocycles. The fourth-order valence-corrected chi connectivity index (χ4v) is 2.27. The van der Waals surface area contributed by atoms with Crippen molar-refractivity contribution in [1.82, 2.24) is 20.3 Å². The van der Waals surface area contributed by atoms with Gasteiger partial charge in [-0.2, -0.15) is 0 Å². The molecule has 0 unspecified atom stereocenters. The number of nitrogens with one attached hydrogen (secondary N) is 2. The molecule has 0 saturated carbocycles. The summed E-state index contributed by atoms with van der Waals surface area (Å²) in [6.07, 6.45) is 2.97. The van der Waals surface area contributed by atoms with Gasteiger partial charge in [-0.25, -0.2) is 14.8 Å². The van der Waals surface area contributed by atoms with Crippen molar-refractivity contribution >= 4 is 23.4 Å². The van der Waals surface area contributed by atoms with Gasteiger partial charge in [-0.1, -0.05) is 6.07 Å². The van der Waals surface area contributed by atoms with Gasteiger partial charge in [0.1, 0.15) is 17.8 Å². The van der Waals surface area contributed by atoms with Gasteiger partial charge in [0.25, 0.3) is 5.91 Å². The molecule has 0 fully saturated rings. The van der Waals surface area contributed by atoms with Gasteiger partial charge in [-0.15, -0.1) is 0 Å². The zero-order valence-electron chi connectivity index (χ0n) is 14.5. The number of rotatable bonds is 6. The Morgan fingerprint density at radius 2 is 1.85 bits per heavy atom. The first kappa shape index (κ1) is 18.0. The van der Waals surface area contributed by atoms with Gasteiger partial charge in [0.2, 0.25) is 0 Å². The van der Waals surface area contributed by atoms with Crippen molar-refractivity contribution < 1.29 is 14.3 Å². The highest BCUT2D eigenvalue weighted by Gasteiger charge is 2.10. The molecular formula is C19H17N5O3. The van der Waals surface area contributed by atoms with E-state index in [4.69, 9.17) is 0 Å². The van der Waals surface area contributed by atoms with E-state index in [2.05, 4.69) is 30.3 Å². The molecule has 0 aliphatic carbocycles. The molecule has 3 rings (SSSR count). The number of carbonyl (C=O) groups is 2. The van der Waals surface area contributed by atoms with Crippen LogP contribution in [0, 0.1) is 0 Å². The van der Waals surface area contributed by atoms with Crippen LogP contribution in [0.2, 0.25) is 0 Å². The highest BCUT2D eigenvalue weighted by atomic mass is 16.5. The zero-order valence-corrected chi connectivity index (χ0v) is 14.5. The predicted molar refractivity (Wildman–Crippen MR) is 98.5 cm³/mol. The molecule has 0 atom stereocenters. The second-order valence-corrected chi connectivity index (χ2v) is 5.49. The Balaban J connectivity index is 1.64. The Kier molecular flexibility index (Phi) is 5.68. The SMILES string of the molecule is COC(=O)c1ccc(Nc2cc(C(=O)NCc3ccccn3)ncn2)cc1. The average molecular weight is 363 g/mol. The number of aromatic nitrogens is 3. The Labute approximate surface area is 155 Å². The van der Waals surface area contributed by atoms with Crippen LogP contribution < -0.4 is 10.6 Å². The zero-order chi connectivity index (χ0) is 19.1. The standard InChI is InChI=1S/C19H17N5O3/c1-27-19(26)13-5-7-14(8-6-13)24-17-10-16(22-12-23-17)18(25)21-11-15-4-2-3-9-20-15/h2-10,12H,11H2,1H3,(H,21,25)(H,22,23,24). The van der Waals surface area contributed by atoms with Crippen molar-refractivity contribution in [2.75, 3.05) is 12.4 Å². The summed E-state index contributed by atoms with van der Waals surface area (Å²) in [6.45, 7) is 0.307. The average Bonchev–Trinajstić information content (AvgIpc) is 2.73. The molecule has 3 aromatic rings. The van der Waals surface area contributed by atoms with Gasteiger partial charge in [0, 0.05) is 18.0 Å². The number of anilines is 2. The maximum atomic E-state index is 12.3. The number of benzene rings is 1. The number of amides is 1. The first-order valence-corrected chi connectivity index (χ1v) is 8.11. The summed E-state index contributed by atoms with van der Waals surface area (Å²) in [5, 5.41) is 5.82. The first-order chi connectivity index (χ1) is 13.2. The lowest BCUT2D eigenvalue weighted by Crippen LogP contribution is -2.24. The number of esters is 1. The van der Waals surface area contributed by atoms with Crippen LogP contribution in [0.4, 0.5) is 11.5 Å². The number of nitrogens with zero attached hydrogens (tertiary/aromatic N) is 3. The Morgan fingerprint density at radius 3 is 2.56 bits per heavy atom. The van der Waals surface area contributed by atoms with Gasteiger partial charge >= 0.3 is 5.97 Å². The van der Waals surface area contributed by atoms with Gasteiger partial charge in [0.05, 0.1) is 24.9 Å². The molecule has 1 aromatic carbocycles. The van der Waals surface area contributed by atoms with Crippen LogP contribution in [0.3, 0.4) is 0 Å². The Hall–Kier alpha value is -3.81. The van der Waals surface area contributed by atoms with E-state index in [1.165, 1.54) is 13.4 Å². The quantitative estimate of drug-likeness (QED) is 0.647. The molecule has 0 aliphatic rings. The van der Waals surface area contributed by atoms with Crippen molar-refractivity contribution in [3.8, 4) is 0 Å². The van der Waals surface area contributed by atoms with Gasteiger partial charge < -0.3 is 15.4 Å². The van der Waals surface area contributed by atoms with Crippen molar-refractivity contribution in [2.24, 2.45) is 0 Å². The number of ether oxygens (including phenoxy) is 1. The van der Waals surface area contributed by atoms with Gasteiger partial charge in [-0.3, -0.25) is 9.78 Å². The molecule has 136 valence electrons. The smallest absolute Gasteiger partial charge is 0.337 e. The number of hydrogen-bond acceptors (Lipinski definition) is 7. The highest BCUT2D eigenvalue weighted by molar-refractivity contribution is 5.93. The second-order valence-electron chi connectivity index (χ2n) is 5.49. The number of carbonyl (C=O) groups excluding carboxylic acids is 2. The van der Waals surface area contributed by atoms with Crippen LogP contribution in [0.1, 0.15) is 26.5 Å². The minimum absolute atomic E-state index is 0.231. The lowest BCUT2D eigenvalue weighted by molar-refractivity contribution is 0.0600. The highest BCUT2D eigenvalue weighted by Crippen LogP contribution is 2.16. The third kappa shape index (κ3) is 4.85. The molecule has 2 heterocycles. The fourth-order valence-electron chi connectivity index (χ4n) is 2.27. The first-order valence-electron chi connectivity index (χ1n) is 8.11. The number of methoxy groups -OCH3 is 1. The molecule has 8 heteroatoms. The molecule has 0 bridgehead atoms. The van der Waals surface area contributed by atoms with Gasteiger partial charge in [-0.05, 0) is 36.4 Å². The molecular weight excluding hydrogens is 346 g/mol. The van der Waals surface area contributed by atoms with Crippen LogP contribution in [-0.2, 0) is 11.3 Å². The Bertz CT molecular complexity index is 930. The summed E-state index contributed by atoms with van der Waals surface area (Å²) in [6, 6.07) is 13.7. The fraction of sp³-hybridized carbons (Fsp3) is 0.105. The van der Waals surface area contributed by atoms with E-state index >= 15 is 0 Å². The van der Waals surface area contributed by atoms with Crippen LogP contribution >= 0.6 is 0 Å². The normalized spacial score (nSPS) is 10.1. The topological polar surface area (TPSA) is 106 Å². The maximum absolute atomic E-state index is 12.3. The van der Waals surface area contributed by atoms with Gasteiger partial charge in [0.15, 0.2) is 0 Å². The van der Waals surface area contributed by atoms with Crippen LogP contribution in [0.5, 0.6) is 0 Å². The van der Waals surface area contributed by atoms with E-state index < -0.39 is 5.97 Å². The summed E-state index contributed by atoms with van der Waals surface area (Å²) >= 11 is 0.